The average molecular weight is 378 g/mol. The van der Waals surface area contributed by atoms with Gasteiger partial charge in [0.2, 0.25) is 0 Å². The van der Waals surface area contributed by atoms with Crippen molar-refractivity contribution in [3.63, 3.8) is 0 Å². The summed E-state index contributed by atoms with van der Waals surface area (Å²) in [5.41, 5.74) is 0.468. The van der Waals surface area contributed by atoms with Gasteiger partial charge in [-0.05, 0) is 18.9 Å². The molecular formula is C11H19IN6O. The van der Waals surface area contributed by atoms with Crippen LogP contribution < -0.4 is 16.0 Å². The predicted octanol–water partition coefficient (Wildman–Crippen LogP) is 0.0849. The quantitative estimate of drug-likeness (QED) is 0.253. The first-order valence-electron chi connectivity index (χ1n) is 6.04. The van der Waals surface area contributed by atoms with E-state index in [9.17, 15) is 4.79 Å². The molecule has 0 bridgehead atoms. The Hall–Kier alpha value is -1.32. The molecule has 0 atom stereocenters. The van der Waals surface area contributed by atoms with Crippen LogP contribution in [0.1, 0.15) is 23.3 Å². The number of H-pyrrole nitrogens is 1. The summed E-state index contributed by atoms with van der Waals surface area (Å²) in [5.74, 6) is 0.632. The minimum absolute atomic E-state index is 0. The Kier molecular flexibility index (Phi) is 6.60. The highest BCUT2D eigenvalue weighted by Crippen LogP contribution is 2.18. The number of amides is 1. The molecule has 1 saturated carbocycles. The van der Waals surface area contributed by atoms with E-state index < -0.39 is 0 Å². The summed E-state index contributed by atoms with van der Waals surface area (Å²) in [6, 6.07) is 2.20. The molecule has 1 aliphatic rings. The number of carbonyl (C=O) groups excluding carboxylic acids is 1. The van der Waals surface area contributed by atoms with Crippen LogP contribution in [0.25, 0.3) is 0 Å². The molecule has 0 unspecified atom stereocenters. The standard InChI is InChI=1S/C11H18N6O.HI/c1-12-11(16-8-2-3-8)14-7-6-13-10(18)9-4-5-15-17-9;/h4-5,8H,2-3,6-7H2,1H3,(H,13,18)(H,15,17)(H2,12,14,16);1H. The van der Waals surface area contributed by atoms with Gasteiger partial charge in [-0.15, -0.1) is 24.0 Å². The third-order valence-corrected chi connectivity index (χ3v) is 2.59. The molecule has 7 nitrogen and oxygen atoms in total. The number of carbonyl (C=O) groups is 1. The minimum Gasteiger partial charge on any atom is -0.355 e. The van der Waals surface area contributed by atoms with Crippen molar-refractivity contribution in [3.05, 3.63) is 18.0 Å². The average Bonchev–Trinajstić information content (AvgIpc) is 3.03. The number of aromatic amines is 1. The Bertz CT molecular complexity index is 415. The molecule has 1 aliphatic carbocycles. The van der Waals surface area contributed by atoms with Crippen molar-refractivity contribution in [1.82, 2.24) is 26.1 Å². The van der Waals surface area contributed by atoms with Crippen molar-refractivity contribution >= 4 is 35.8 Å². The maximum atomic E-state index is 11.6. The Morgan fingerprint density at radius 1 is 1.47 bits per heavy atom. The molecule has 8 heteroatoms. The van der Waals surface area contributed by atoms with Crippen LogP contribution >= 0.6 is 24.0 Å². The van der Waals surface area contributed by atoms with Crippen LogP contribution in [-0.4, -0.2) is 48.2 Å². The molecule has 4 N–H and O–H groups in total. The molecule has 0 saturated heterocycles. The second kappa shape index (κ2) is 7.97. The smallest absolute Gasteiger partial charge is 0.269 e. The molecule has 1 aromatic rings. The van der Waals surface area contributed by atoms with E-state index in [1.807, 2.05) is 0 Å². The van der Waals surface area contributed by atoms with Gasteiger partial charge in [0.15, 0.2) is 5.96 Å². The van der Waals surface area contributed by atoms with Crippen LogP contribution in [0.15, 0.2) is 17.3 Å². The number of hydrogen-bond donors (Lipinski definition) is 4. The Morgan fingerprint density at radius 3 is 2.79 bits per heavy atom. The number of aliphatic imine (C=N–C) groups is 1. The van der Waals surface area contributed by atoms with Crippen LogP contribution in [0.2, 0.25) is 0 Å². The first kappa shape index (κ1) is 15.7. The fourth-order valence-electron chi connectivity index (χ4n) is 1.45. The van der Waals surface area contributed by atoms with E-state index >= 15 is 0 Å². The zero-order valence-electron chi connectivity index (χ0n) is 10.8. The van der Waals surface area contributed by atoms with Gasteiger partial charge in [0.25, 0.3) is 5.91 Å². The first-order chi connectivity index (χ1) is 8.79. The summed E-state index contributed by atoms with van der Waals surface area (Å²) >= 11 is 0. The first-order valence-corrected chi connectivity index (χ1v) is 6.04. The molecule has 1 fully saturated rings. The number of aromatic nitrogens is 2. The zero-order valence-corrected chi connectivity index (χ0v) is 13.1. The number of hydrogen-bond acceptors (Lipinski definition) is 3. The zero-order chi connectivity index (χ0) is 12.8. The molecular weight excluding hydrogens is 359 g/mol. The van der Waals surface area contributed by atoms with Gasteiger partial charge in [0, 0.05) is 32.4 Å². The van der Waals surface area contributed by atoms with Gasteiger partial charge < -0.3 is 16.0 Å². The van der Waals surface area contributed by atoms with Gasteiger partial charge >= 0.3 is 0 Å². The molecule has 0 radical (unpaired) electrons. The van der Waals surface area contributed by atoms with E-state index in [4.69, 9.17) is 0 Å². The normalized spacial score (nSPS) is 14.5. The summed E-state index contributed by atoms with van der Waals surface area (Å²) in [4.78, 5) is 15.7. The van der Waals surface area contributed by atoms with E-state index in [-0.39, 0.29) is 29.9 Å². The third-order valence-electron chi connectivity index (χ3n) is 2.59. The van der Waals surface area contributed by atoms with Crippen LogP contribution in [0.5, 0.6) is 0 Å². The lowest BCUT2D eigenvalue weighted by Crippen LogP contribution is -2.42. The molecule has 0 aromatic carbocycles. The topological polar surface area (TPSA) is 94.2 Å². The highest BCUT2D eigenvalue weighted by Gasteiger charge is 2.21. The highest BCUT2D eigenvalue weighted by atomic mass is 127. The van der Waals surface area contributed by atoms with Crippen molar-refractivity contribution in [2.24, 2.45) is 4.99 Å². The van der Waals surface area contributed by atoms with E-state index in [1.54, 1.807) is 19.3 Å². The van der Waals surface area contributed by atoms with Crippen molar-refractivity contribution in [3.8, 4) is 0 Å². The maximum absolute atomic E-state index is 11.6. The predicted molar refractivity (Wildman–Crippen MR) is 83.9 cm³/mol. The fourth-order valence-corrected chi connectivity index (χ4v) is 1.45. The number of nitrogens with one attached hydrogen (secondary N) is 4. The lowest BCUT2D eigenvalue weighted by Gasteiger charge is -2.11. The van der Waals surface area contributed by atoms with Gasteiger partial charge in [-0.3, -0.25) is 14.9 Å². The second-order valence-corrected chi connectivity index (χ2v) is 4.14. The number of guanidine groups is 1. The van der Waals surface area contributed by atoms with Crippen molar-refractivity contribution in [2.45, 2.75) is 18.9 Å². The molecule has 1 amide bonds. The molecule has 106 valence electrons. The van der Waals surface area contributed by atoms with E-state index in [1.165, 1.54) is 12.8 Å². The highest BCUT2D eigenvalue weighted by molar-refractivity contribution is 14.0. The van der Waals surface area contributed by atoms with Crippen molar-refractivity contribution in [1.29, 1.82) is 0 Å². The number of halogens is 1. The monoisotopic (exact) mass is 378 g/mol. The van der Waals surface area contributed by atoms with Crippen LogP contribution in [-0.2, 0) is 0 Å². The van der Waals surface area contributed by atoms with Gasteiger partial charge in [0.1, 0.15) is 5.69 Å². The van der Waals surface area contributed by atoms with Gasteiger partial charge in [-0.25, -0.2) is 0 Å². The van der Waals surface area contributed by atoms with Crippen LogP contribution in [0, 0.1) is 0 Å². The summed E-state index contributed by atoms with van der Waals surface area (Å²) in [7, 11) is 1.74. The lowest BCUT2D eigenvalue weighted by atomic mass is 10.4. The van der Waals surface area contributed by atoms with Crippen LogP contribution in [0.3, 0.4) is 0 Å². The maximum Gasteiger partial charge on any atom is 0.269 e. The Labute approximate surface area is 129 Å². The molecule has 1 heterocycles. The molecule has 0 aliphatic heterocycles. The largest absolute Gasteiger partial charge is 0.355 e. The third kappa shape index (κ3) is 5.45. The van der Waals surface area contributed by atoms with Gasteiger partial charge in [-0.2, -0.15) is 5.10 Å². The second-order valence-electron chi connectivity index (χ2n) is 4.14. The molecule has 19 heavy (non-hydrogen) atoms. The molecule has 1 aromatic heterocycles. The van der Waals surface area contributed by atoms with Crippen LogP contribution in [0.4, 0.5) is 0 Å². The van der Waals surface area contributed by atoms with Gasteiger partial charge in [0.05, 0.1) is 0 Å². The number of rotatable bonds is 5. The van der Waals surface area contributed by atoms with Crippen molar-refractivity contribution < 1.29 is 4.79 Å². The molecule has 2 rings (SSSR count). The SMILES string of the molecule is CN=C(NCCNC(=O)c1ccn[nH]1)NC1CC1.I. The van der Waals surface area contributed by atoms with E-state index in [0.29, 0.717) is 24.8 Å². The Morgan fingerprint density at radius 2 is 2.21 bits per heavy atom. The lowest BCUT2D eigenvalue weighted by molar-refractivity contribution is 0.0949. The summed E-state index contributed by atoms with van der Waals surface area (Å²) < 4.78 is 0. The minimum atomic E-state index is -0.153. The number of nitrogens with zero attached hydrogens (tertiary/aromatic N) is 2. The van der Waals surface area contributed by atoms with E-state index in [0.717, 1.165) is 5.96 Å². The summed E-state index contributed by atoms with van der Waals surface area (Å²) in [5, 5.41) is 15.5. The van der Waals surface area contributed by atoms with E-state index in [2.05, 4.69) is 31.1 Å². The summed E-state index contributed by atoms with van der Waals surface area (Å²) in [6.07, 6.45) is 3.96. The fraction of sp³-hybridized carbons (Fsp3) is 0.545. The Balaban J connectivity index is 0.00000180. The van der Waals surface area contributed by atoms with Gasteiger partial charge in [-0.1, -0.05) is 0 Å². The summed E-state index contributed by atoms with van der Waals surface area (Å²) in [6.45, 7) is 1.16. The van der Waals surface area contributed by atoms with Crippen molar-refractivity contribution in [2.75, 3.05) is 20.1 Å². The molecule has 0 spiro atoms.